The van der Waals surface area contributed by atoms with Gasteiger partial charge in [0.15, 0.2) is 0 Å². The largest absolute Gasteiger partial charge is 0.344 e. The second-order valence-corrected chi connectivity index (χ2v) is 0. The molecule has 0 aromatic heterocycles. The Morgan fingerprint density at radius 3 is 1.00 bits per heavy atom. The van der Waals surface area contributed by atoms with Gasteiger partial charge in [-0.2, -0.15) is 23.4 Å². The van der Waals surface area contributed by atoms with Gasteiger partial charge in [-0.3, -0.25) is 0 Å². The molecule has 5 radical (unpaired) electrons. The van der Waals surface area contributed by atoms with E-state index in [0.29, 0.717) is 0 Å². The van der Waals surface area contributed by atoms with E-state index >= 15 is 0 Å². The maximum Gasteiger partial charge on any atom is 0 e. The van der Waals surface area contributed by atoms with Gasteiger partial charge >= 0.3 is 0 Å². The third kappa shape index (κ3) is 76.4. The zero-order valence-electron chi connectivity index (χ0n) is 3.52. The maximum atomic E-state index is 0. The zero-order chi connectivity index (χ0) is 0. The van der Waals surface area contributed by atoms with Gasteiger partial charge < -0.3 is 6.15 Å². The van der Waals surface area contributed by atoms with Crippen LogP contribution in [0.3, 0.4) is 0 Å². The monoisotopic (exact) mass is 294 g/mol. The van der Waals surface area contributed by atoms with E-state index in [2.05, 4.69) is 0 Å². The number of hydrogen-bond donors (Lipinski definition) is 1. The van der Waals surface area contributed by atoms with Gasteiger partial charge in [0.05, 0.1) is 0 Å². The minimum atomic E-state index is 0. The molecule has 8 heavy (non-hydrogen) atoms. The van der Waals surface area contributed by atoms with E-state index in [4.69, 9.17) is 0 Å². The first-order valence-electron chi connectivity index (χ1n) is 0. The van der Waals surface area contributed by atoms with Crippen molar-refractivity contribution >= 4 is 34.4 Å². The fourth-order valence-corrected chi connectivity index (χ4v) is 0. The van der Waals surface area contributed by atoms with Gasteiger partial charge in [0.1, 0.15) is 0 Å². The minimum Gasteiger partial charge on any atom is -0.344 e. The van der Waals surface area contributed by atoms with Crippen LogP contribution in [0.25, 0.3) is 0 Å². The van der Waals surface area contributed by atoms with Crippen molar-refractivity contribution in [1.82, 2.24) is 6.15 Å². The van der Waals surface area contributed by atoms with E-state index in [0.717, 1.165) is 0 Å². The van der Waals surface area contributed by atoms with Gasteiger partial charge in [-0.05, 0) is 0 Å². The summed E-state index contributed by atoms with van der Waals surface area (Å²) in [6.45, 7) is 0. The molecular formula is CH12CrMnNNiPSSi. The molecule has 3 N–H and O–H groups in total. The normalized spacial score (nSPS) is 0. The second-order valence-electron chi connectivity index (χ2n) is 0. The van der Waals surface area contributed by atoms with Crippen LogP contribution < -0.4 is 6.15 Å². The van der Waals surface area contributed by atoms with Gasteiger partial charge in [0.25, 0.3) is 0 Å². The minimum absolute atomic E-state index is 0. The Hall–Kier alpha value is 2.50. The molecule has 1 unspecified atom stereocenters. The molecule has 0 saturated heterocycles. The molecule has 0 fully saturated rings. The van der Waals surface area contributed by atoms with E-state index in [1.54, 1.807) is 0 Å². The molecule has 7 heteroatoms. The zero-order valence-corrected chi connectivity index (χ0v) is 10.4. The van der Waals surface area contributed by atoms with Crippen molar-refractivity contribution in [3.8, 4) is 0 Å². The first kappa shape index (κ1) is 151. The van der Waals surface area contributed by atoms with Crippen molar-refractivity contribution < 1.29 is 50.9 Å². The van der Waals surface area contributed by atoms with Gasteiger partial charge in [0.2, 0.25) is 0 Å². The standard InChI is InChI=1S/CH4.Cr.Mn.H3N.Ni.H3P.H2S.Si/h1H4;;;1H3;;1H3;1H2;. The van der Waals surface area contributed by atoms with Crippen molar-refractivity contribution in [1.29, 1.82) is 0 Å². The molecular weight excluding hydrogens is 283 g/mol. The number of rotatable bonds is 0. The molecule has 0 aromatic rings. The van der Waals surface area contributed by atoms with Crippen molar-refractivity contribution in [3.63, 3.8) is 0 Å². The molecule has 0 aliphatic heterocycles. The molecule has 0 amide bonds. The van der Waals surface area contributed by atoms with Crippen LogP contribution in [0.2, 0.25) is 0 Å². The summed E-state index contributed by atoms with van der Waals surface area (Å²) in [5.74, 6) is 0. The van der Waals surface area contributed by atoms with Crippen LogP contribution in [-0.2, 0) is 50.9 Å². The molecule has 0 bridgehead atoms. The molecule has 1 nitrogen and oxygen atoms in total. The molecule has 0 spiro atoms. The molecule has 0 aliphatic carbocycles. The average Bonchev–Trinajstić information content (AvgIpc) is 0. The Kier molecular flexibility index (Phi) is 2080. The summed E-state index contributed by atoms with van der Waals surface area (Å²) >= 11 is 0. The third-order valence-electron chi connectivity index (χ3n) is 0. The van der Waals surface area contributed by atoms with Crippen molar-refractivity contribution in [2.24, 2.45) is 0 Å². The molecule has 0 saturated carbocycles. The summed E-state index contributed by atoms with van der Waals surface area (Å²) in [5, 5.41) is 0. The van der Waals surface area contributed by atoms with Crippen LogP contribution >= 0.6 is 23.4 Å². The second kappa shape index (κ2) is 110. The Balaban J connectivity index is 0. The molecule has 0 aliphatic rings. The molecule has 59 valence electrons. The first-order chi connectivity index (χ1) is 0. The van der Waals surface area contributed by atoms with Crippen LogP contribution in [0.4, 0.5) is 0 Å². The van der Waals surface area contributed by atoms with E-state index in [-0.39, 0.29) is 98.9 Å². The van der Waals surface area contributed by atoms with Crippen LogP contribution in [0.1, 0.15) is 7.43 Å². The Labute approximate surface area is 98.1 Å². The summed E-state index contributed by atoms with van der Waals surface area (Å²) in [6.07, 6.45) is 0. The topological polar surface area (TPSA) is 35.0 Å². The van der Waals surface area contributed by atoms with Crippen LogP contribution in [-0.4, -0.2) is 11.0 Å². The van der Waals surface area contributed by atoms with Crippen molar-refractivity contribution in [2.75, 3.05) is 0 Å². The van der Waals surface area contributed by atoms with Crippen LogP contribution in [0.15, 0.2) is 0 Å². The van der Waals surface area contributed by atoms with Crippen molar-refractivity contribution in [3.05, 3.63) is 0 Å². The fraction of sp³-hybridized carbons (Fsp3) is 1.00. The van der Waals surface area contributed by atoms with Gasteiger partial charge in [-0.15, -0.1) is 0 Å². The maximum absolute atomic E-state index is 0. The predicted molar refractivity (Wildman–Crippen MR) is 39.0 cm³/mol. The first-order valence-corrected chi connectivity index (χ1v) is 0. The molecule has 0 heterocycles. The summed E-state index contributed by atoms with van der Waals surface area (Å²) in [6, 6.07) is 0. The summed E-state index contributed by atoms with van der Waals surface area (Å²) in [7, 11) is 0. The molecule has 0 rings (SSSR count). The van der Waals surface area contributed by atoms with Gasteiger partial charge in [-0.25, -0.2) is 0 Å². The smallest absolute Gasteiger partial charge is 0 e. The Morgan fingerprint density at radius 2 is 1.00 bits per heavy atom. The van der Waals surface area contributed by atoms with E-state index < -0.39 is 0 Å². The summed E-state index contributed by atoms with van der Waals surface area (Å²) < 4.78 is 0. The summed E-state index contributed by atoms with van der Waals surface area (Å²) in [5.41, 5.74) is 0. The SMILES string of the molecule is C.N.P.S.[Cr].[Mn].[Ni].[Si]. The predicted octanol–water partition coefficient (Wildman–Crippen LogP) is 0.581. The van der Waals surface area contributed by atoms with Gasteiger partial charge in [0, 0.05) is 61.9 Å². The third-order valence-corrected chi connectivity index (χ3v) is 0. The number of hydrogen-bond acceptors (Lipinski definition) is 1. The van der Waals surface area contributed by atoms with E-state index in [1.807, 2.05) is 0 Å². The van der Waals surface area contributed by atoms with Crippen molar-refractivity contribution in [2.45, 2.75) is 7.43 Å². The summed E-state index contributed by atoms with van der Waals surface area (Å²) in [4.78, 5) is 0. The Bertz CT molecular complexity index is 24.0. The Morgan fingerprint density at radius 1 is 1.00 bits per heavy atom. The molecule has 1 atom stereocenters. The fourth-order valence-electron chi connectivity index (χ4n) is 0. The van der Waals surface area contributed by atoms with Crippen LogP contribution in [0.5, 0.6) is 0 Å². The van der Waals surface area contributed by atoms with E-state index in [9.17, 15) is 0 Å². The van der Waals surface area contributed by atoms with Gasteiger partial charge in [-0.1, -0.05) is 7.43 Å². The van der Waals surface area contributed by atoms with E-state index in [1.165, 1.54) is 0 Å². The molecule has 0 aromatic carbocycles. The van der Waals surface area contributed by atoms with Crippen LogP contribution in [0, 0.1) is 0 Å². The average molecular weight is 295 g/mol. The quantitative estimate of drug-likeness (QED) is 0.515.